The Kier molecular flexibility index (Phi) is 6.46. The maximum atomic E-state index is 13.5. The zero-order valence-electron chi connectivity index (χ0n) is 15.5. The summed E-state index contributed by atoms with van der Waals surface area (Å²) in [6, 6.07) is 15.7. The summed E-state index contributed by atoms with van der Waals surface area (Å²) in [6.07, 6.45) is 3.02. The van der Waals surface area contributed by atoms with Gasteiger partial charge in [-0.2, -0.15) is 0 Å². The van der Waals surface area contributed by atoms with E-state index in [0.717, 1.165) is 15.3 Å². The molecule has 7 heteroatoms. The van der Waals surface area contributed by atoms with Gasteiger partial charge in [-0.25, -0.2) is 4.39 Å². The van der Waals surface area contributed by atoms with E-state index in [1.807, 2.05) is 36.4 Å². The lowest BCUT2D eigenvalue weighted by molar-refractivity contribution is -0.134. The van der Waals surface area contributed by atoms with E-state index in [4.69, 9.17) is 17.3 Å². The van der Waals surface area contributed by atoms with Crippen molar-refractivity contribution in [1.29, 1.82) is 0 Å². The number of likely N-dealkylation sites (N-methyl/N-ethyl adjacent to an activating group) is 1. The van der Waals surface area contributed by atoms with E-state index in [1.54, 1.807) is 12.1 Å². The lowest BCUT2D eigenvalue weighted by atomic mass is 10.0. The molecule has 29 heavy (non-hydrogen) atoms. The quantitative estimate of drug-likeness (QED) is 0.567. The number of nitrogens with zero attached hydrogens (tertiary/aromatic N) is 1. The fourth-order valence-corrected chi connectivity index (χ4v) is 4.15. The van der Waals surface area contributed by atoms with E-state index < -0.39 is 23.7 Å². The summed E-state index contributed by atoms with van der Waals surface area (Å²) in [5.74, 6) is -1.67. The van der Waals surface area contributed by atoms with Gasteiger partial charge in [-0.1, -0.05) is 41.9 Å². The van der Waals surface area contributed by atoms with Crippen LogP contribution in [0.1, 0.15) is 16.5 Å². The van der Waals surface area contributed by atoms with Gasteiger partial charge in [-0.05, 0) is 42.0 Å². The van der Waals surface area contributed by atoms with E-state index in [1.165, 1.54) is 47.6 Å². The normalized spacial score (nSPS) is 12.1. The number of carbonyl (C=O) groups is 2. The minimum Gasteiger partial charge on any atom is -0.368 e. The first-order chi connectivity index (χ1) is 13.9. The molecule has 1 unspecified atom stereocenters. The Morgan fingerprint density at radius 3 is 2.59 bits per heavy atom. The second kappa shape index (κ2) is 9.03. The first-order valence-corrected chi connectivity index (χ1v) is 9.90. The molecule has 3 rings (SSSR count). The van der Waals surface area contributed by atoms with Gasteiger partial charge in [0.2, 0.25) is 11.8 Å². The third-order valence-corrected chi connectivity index (χ3v) is 5.74. The predicted octanol–water partition coefficient (Wildman–Crippen LogP) is 4.91. The van der Waals surface area contributed by atoms with Crippen LogP contribution >= 0.6 is 22.9 Å². The molecule has 148 valence electrons. The maximum Gasteiger partial charge on any atom is 0.247 e. The average Bonchev–Trinajstić information content (AvgIpc) is 3.15. The monoisotopic (exact) mass is 428 g/mol. The van der Waals surface area contributed by atoms with Gasteiger partial charge >= 0.3 is 0 Å². The number of nitrogens with two attached hydrogens (primary N) is 1. The molecular formula is C22H18ClFN2O2S. The summed E-state index contributed by atoms with van der Waals surface area (Å²) in [5.41, 5.74) is 6.69. The van der Waals surface area contributed by atoms with Gasteiger partial charge in [0.05, 0.1) is 0 Å². The lowest BCUT2D eigenvalue weighted by Gasteiger charge is -2.25. The Hall–Kier alpha value is -2.96. The molecule has 1 aromatic heterocycles. The fourth-order valence-electron chi connectivity index (χ4n) is 2.90. The van der Waals surface area contributed by atoms with Crippen LogP contribution in [-0.4, -0.2) is 23.8 Å². The number of halogens is 2. The molecule has 4 nitrogen and oxygen atoms in total. The Bertz CT molecular complexity index is 1080. The first kappa shape index (κ1) is 20.8. The van der Waals surface area contributed by atoms with Crippen molar-refractivity contribution in [3.63, 3.8) is 0 Å². The molecule has 0 spiro atoms. The van der Waals surface area contributed by atoms with Gasteiger partial charge in [0.25, 0.3) is 0 Å². The van der Waals surface area contributed by atoms with Crippen molar-refractivity contribution in [3.8, 4) is 10.4 Å². The number of hydrogen-bond donors (Lipinski definition) is 1. The molecule has 2 N–H and O–H groups in total. The number of amides is 2. The Balaban J connectivity index is 1.77. The molecule has 2 aromatic carbocycles. The van der Waals surface area contributed by atoms with Crippen LogP contribution in [-0.2, 0) is 9.59 Å². The van der Waals surface area contributed by atoms with Crippen LogP contribution in [0.2, 0.25) is 5.02 Å². The molecule has 0 saturated carbocycles. The van der Waals surface area contributed by atoms with Gasteiger partial charge in [0.1, 0.15) is 11.9 Å². The highest BCUT2D eigenvalue weighted by Gasteiger charge is 2.25. The van der Waals surface area contributed by atoms with Crippen LogP contribution in [0.3, 0.4) is 0 Å². The van der Waals surface area contributed by atoms with Crippen LogP contribution in [0.25, 0.3) is 16.5 Å². The summed E-state index contributed by atoms with van der Waals surface area (Å²) in [6.45, 7) is 0. The third-order valence-electron chi connectivity index (χ3n) is 4.33. The smallest absolute Gasteiger partial charge is 0.247 e. The fraction of sp³-hybridized carbons (Fsp3) is 0.0909. The molecular weight excluding hydrogens is 411 g/mol. The summed E-state index contributed by atoms with van der Waals surface area (Å²) in [4.78, 5) is 27.5. The number of carbonyl (C=O) groups excluding carboxylic acids is 2. The van der Waals surface area contributed by atoms with E-state index in [9.17, 15) is 14.0 Å². The Morgan fingerprint density at radius 1 is 1.14 bits per heavy atom. The highest BCUT2D eigenvalue weighted by atomic mass is 35.5. The Morgan fingerprint density at radius 2 is 1.90 bits per heavy atom. The second-order valence-corrected chi connectivity index (χ2v) is 7.85. The number of rotatable bonds is 6. The van der Waals surface area contributed by atoms with Crippen LogP contribution in [0.5, 0.6) is 0 Å². The van der Waals surface area contributed by atoms with E-state index in [2.05, 4.69) is 0 Å². The highest BCUT2D eigenvalue weighted by Crippen LogP contribution is 2.33. The van der Waals surface area contributed by atoms with Crippen molar-refractivity contribution >= 4 is 40.8 Å². The molecule has 0 aliphatic rings. The van der Waals surface area contributed by atoms with E-state index in [-0.39, 0.29) is 0 Å². The van der Waals surface area contributed by atoms with Crippen LogP contribution in [0, 0.1) is 5.82 Å². The average molecular weight is 429 g/mol. The largest absolute Gasteiger partial charge is 0.368 e. The third kappa shape index (κ3) is 4.91. The van der Waals surface area contributed by atoms with E-state index >= 15 is 0 Å². The van der Waals surface area contributed by atoms with Crippen molar-refractivity contribution in [1.82, 2.24) is 4.90 Å². The number of hydrogen-bond acceptors (Lipinski definition) is 3. The van der Waals surface area contributed by atoms with Crippen molar-refractivity contribution in [2.24, 2.45) is 5.73 Å². The van der Waals surface area contributed by atoms with Gasteiger partial charge in [-0.3, -0.25) is 9.59 Å². The number of thiophene rings is 1. The van der Waals surface area contributed by atoms with Gasteiger partial charge in [0, 0.05) is 33.5 Å². The minimum atomic E-state index is -1.06. The number of benzene rings is 2. The second-order valence-electron chi connectivity index (χ2n) is 6.32. The minimum absolute atomic E-state index is 0.318. The Labute approximate surface area is 177 Å². The molecule has 0 bridgehead atoms. The van der Waals surface area contributed by atoms with Crippen molar-refractivity contribution in [2.45, 2.75) is 6.04 Å². The number of primary amides is 1. The zero-order valence-corrected chi connectivity index (χ0v) is 17.1. The highest BCUT2D eigenvalue weighted by molar-refractivity contribution is 7.16. The van der Waals surface area contributed by atoms with Crippen LogP contribution < -0.4 is 5.73 Å². The molecule has 0 radical (unpaired) electrons. The van der Waals surface area contributed by atoms with Crippen molar-refractivity contribution < 1.29 is 14.0 Å². The topological polar surface area (TPSA) is 63.4 Å². The summed E-state index contributed by atoms with van der Waals surface area (Å²) >= 11 is 7.71. The SMILES string of the molecule is CN(C(=O)/C=C/c1ccc(-c2ccccc2Cl)s1)C(C(N)=O)c1cccc(F)c1. The molecule has 0 fully saturated rings. The van der Waals surface area contributed by atoms with Gasteiger partial charge < -0.3 is 10.6 Å². The molecule has 1 heterocycles. The lowest BCUT2D eigenvalue weighted by Crippen LogP contribution is -2.38. The molecule has 1 atom stereocenters. The molecule has 2 amide bonds. The van der Waals surface area contributed by atoms with E-state index in [0.29, 0.717) is 10.6 Å². The summed E-state index contributed by atoms with van der Waals surface area (Å²) in [7, 11) is 1.45. The molecule has 3 aromatic rings. The maximum absolute atomic E-state index is 13.5. The summed E-state index contributed by atoms with van der Waals surface area (Å²) < 4.78 is 13.5. The van der Waals surface area contributed by atoms with Crippen LogP contribution in [0.15, 0.2) is 66.7 Å². The zero-order chi connectivity index (χ0) is 21.0. The first-order valence-electron chi connectivity index (χ1n) is 8.71. The summed E-state index contributed by atoms with van der Waals surface area (Å²) in [5, 5.41) is 0.653. The van der Waals surface area contributed by atoms with Gasteiger partial charge in [0.15, 0.2) is 0 Å². The molecule has 0 saturated heterocycles. The molecule has 0 aliphatic carbocycles. The molecule has 0 aliphatic heterocycles. The van der Waals surface area contributed by atoms with Crippen LogP contribution in [0.4, 0.5) is 4.39 Å². The standard InChI is InChI=1S/C22H18ClFN2O2S/c1-26(21(22(25)28)14-5-4-6-15(24)13-14)20(27)12-10-16-9-11-19(29-16)17-7-2-3-8-18(17)23/h2-13,21H,1H3,(H2,25,28)/b12-10+. The van der Waals surface area contributed by atoms with Gasteiger partial charge in [-0.15, -0.1) is 11.3 Å². The van der Waals surface area contributed by atoms with Crippen molar-refractivity contribution in [3.05, 3.63) is 88.0 Å². The van der Waals surface area contributed by atoms with Crippen molar-refractivity contribution in [2.75, 3.05) is 7.05 Å². The predicted molar refractivity (Wildman–Crippen MR) is 115 cm³/mol.